The Balaban J connectivity index is 1.70. The summed E-state index contributed by atoms with van der Waals surface area (Å²) in [6.45, 7) is 0.499. The first-order valence-electron chi connectivity index (χ1n) is 6.55. The molecule has 0 aliphatic heterocycles. The van der Waals surface area contributed by atoms with Crippen LogP contribution >= 0.6 is 11.3 Å². The van der Waals surface area contributed by atoms with Crippen LogP contribution in [0.4, 0.5) is 5.69 Å². The molecule has 108 valence electrons. The maximum absolute atomic E-state index is 12.2. The van der Waals surface area contributed by atoms with Gasteiger partial charge in [0.1, 0.15) is 17.0 Å². The van der Waals surface area contributed by atoms with Gasteiger partial charge in [0.05, 0.1) is 5.69 Å². The second-order valence-electron chi connectivity index (χ2n) is 4.70. The minimum Gasteiger partial charge on any atom is -0.397 e. The number of fused-ring (bicyclic) bond motifs is 1. The largest absolute Gasteiger partial charge is 0.397 e. The average Bonchev–Trinajstić information content (AvgIpc) is 3.04. The molecule has 0 aliphatic rings. The van der Waals surface area contributed by atoms with E-state index < -0.39 is 0 Å². The number of carbonyl (C=O) groups is 1. The highest BCUT2D eigenvalue weighted by atomic mass is 32.1. The Morgan fingerprint density at radius 1 is 1.43 bits per heavy atom. The normalized spacial score (nSPS) is 10.9. The van der Waals surface area contributed by atoms with Gasteiger partial charge in [0.15, 0.2) is 0 Å². The van der Waals surface area contributed by atoms with Crippen molar-refractivity contribution in [1.29, 1.82) is 0 Å². The number of aromatic nitrogens is 3. The maximum atomic E-state index is 12.2. The summed E-state index contributed by atoms with van der Waals surface area (Å²) in [5.41, 5.74) is 6.60. The molecule has 0 spiro atoms. The number of hydrogen-bond acceptors (Lipinski definition) is 5. The van der Waals surface area contributed by atoms with Crippen LogP contribution in [0, 0.1) is 0 Å². The van der Waals surface area contributed by atoms with Crippen LogP contribution in [0.1, 0.15) is 15.5 Å². The van der Waals surface area contributed by atoms with Crippen LogP contribution in [0.2, 0.25) is 0 Å². The lowest BCUT2D eigenvalue weighted by molar-refractivity contribution is 0.0959. The van der Waals surface area contributed by atoms with E-state index in [0.29, 0.717) is 23.5 Å². The molecule has 2 aromatic heterocycles. The highest BCUT2D eigenvalue weighted by molar-refractivity contribution is 7.21. The third-order valence-electron chi connectivity index (χ3n) is 3.28. The number of nitrogens with zero attached hydrogens (tertiary/aromatic N) is 3. The molecule has 3 rings (SSSR count). The van der Waals surface area contributed by atoms with Crippen LogP contribution in [0.25, 0.3) is 10.1 Å². The lowest BCUT2D eigenvalue weighted by Gasteiger charge is -2.04. The summed E-state index contributed by atoms with van der Waals surface area (Å²) in [6, 6.07) is 7.75. The molecule has 0 saturated heterocycles. The molecule has 3 N–H and O–H groups in total. The van der Waals surface area contributed by atoms with Gasteiger partial charge in [-0.1, -0.05) is 18.2 Å². The van der Waals surface area contributed by atoms with Crippen LogP contribution in [0.5, 0.6) is 0 Å². The number of amides is 1. The zero-order chi connectivity index (χ0) is 14.8. The van der Waals surface area contributed by atoms with E-state index in [2.05, 4.69) is 15.5 Å². The van der Waals surface area contributed by atoms with E-state index in [0.717, 1.165) is 15.9 Å². The Kier molecular flexibility index (Phi) is 3.57. The number of thiophene rings is 1. The number of aryl methyl sites for hydroxylation is 1. The van der Waals surface area contributed by atoms with Gasteiger partial charge in [-0.3, -0.25) is 4.79 Å². The highest BCUT2D eigenvalue weighted by Gasteiger charge is 2.15. The number of rotatable bonds is 4. The molecule has 0 unspecified atom stereocenters. The summed E-state index contributed by atoms with van der Waals surface area (Å²) < 4.78 is 2.86. The molecular weight excluding hydrogens is 286 g/mol. The van der Waals surface area contributed by atoms with Crippen LogP contribution in [-0.2, 0) is 13.5 Å². The van der Waals surface area contributed by atoms with Crippen LogP contribution in [0.15, 0.2) is 30.6 Å². The van der Waals surface area contributed by atoms with Gasteiger partial charge in [-0.2, -0.15) is 0 Å². The maximum Gasteiger partial charge on any atom is 0.263 e. The predicted molar refractivity (Wildman–Crippen MR) is 83.3 cm³/mol. The number of anilines is 1. The molecule has 1 aromatic carbocycles. The van der Waals surface area contributed by atoms with E-state index in [1.54, 1.807) is 6.33 Å². The van der Waals surface area contributed by atoms with Crippen molar-refractivity contribution in [3.63, 3.8) is 0 Å². The number of nitrogens with one attached hydrogen (secondary N) is 1. The lowest BCUT2D eigenvalue weighted by atomic mass is 10.2. The van der Waals surface area contributed by atoms with E-state index in [1.165, 1.54) is 11.3 Å². The Hall–Kier alpha value is -2.41. The number of nitrogen functional groups attached to an aromatic ring is 1. The fraction of sp³-hybridized carbons (Fsp3) is 0.214. The van der Waals surface area contributed by atoms with Gasteiger partial charge in [0.2, 0.25) is 0 Å². The van der Waals surface area contributed by atoms with Gasteiger partial charge in [-0.05, 0) is 6.07 Å². The van der Waals surface area contributed by atoms with E-state index in [9.17, 15) is 4.79 Å². The Morgan fingerprint density at radius 2 is 2.24 bits per heavy atom. The molecule has 1 amide bonds. The number of benzene rings is 1. The first kappa shape index (κ1) is 13.6. The minimum absolute atomic E-state index is 0.143. The van der Waals surface area contributed by atoms with Crippen molar-refractivity contribution in [1.82, 2.24) is 20.1 Å². The molecule has 0 fully saturated rings. The molecule has 7 heteroatoms. The van der Waals surface area contributed by atoms with Gasteiger partial charge in [0, 0.05) is 30.1 Å². The first-order chi connectivity index (χ1) is 10.2. The van der Waals surface area contributed by atoms with Gasteiger partial charge >= 0.3 is 0 Å². The summed E-state index contributed by atoms with van der Waals surface area (Å²) >= 11 is 1.41. The summed E-state index contributed by atoms with van der Waals surface area (Å²) in [5, 5.41) is 11.6. The average molecular weight is 301 g/mol. The molecule has 0 atom stereocenters. The number of carbonyl (C=O) groups excluding carboxylic acids is 1. The monoisotopic (exact) mass is 301 g/mol. The van der Waals surface area contributed by atoms with Crippen LogP contribution in [-0.4, -0.2) is 27.2 Å². The predicted octanol–water partition coefficient (Wildman–Crippen LogP) is 1.58. The molecule has 0 saturated carbocycles. The zero-order valence-electron chi connectivity index (χ0n) is 11.5. The third kappa shape index (κ3) is 2.59. The molecule has 0 bridgehead atoms. The van der Waals surface area contributed by atoms with Gasteiger partial charge < -0.3 is 15.6 Å². The molecular formula is C14H15N5OS. The fourth-order valence-corrected chi connectivity index (χ4v) is 3.17. The Morgan fingerprint density at radius 3 is 2.95 bits per heavy atom. The quantitative estimate of drug-likeness (QED) is 0.766. The Bertz CT molecular complexity index is 792. The van der Waals surface area contributed by atoms with Crippen molar-refractivity contribution in [2.24, 2.45) is 7.05 Å². The van der Waals surface area contributed by atoms with E-state index in [-0.39, 0.29) is 5.91 Å². The van der Waals surface area contributed by atoms with Gasteiger partial charge in [0.25, 0.3) is 5.91 Å². The van der Waals surface area contributed by atoms with E-state index in [1.807, 2.05) is 35.9 Å². The van der Waals surface area contributed by atoms with Crippen molar-refractivity contribution < 1.29 is 4.79 Å². The summed E-state index contributed by atoms with van der Waals surface area (Å²) in [4.78, 5) is 12.8. The zero-order valence-corrected chi connectivity index (χ0v) is 12.4. The van der Waals surface area contributed by atoms with Crippen molar-refractivity contribution in [2.45, 2.75) is 6.42 Å². The standard InChI is InChI=1S/C14H15N5OS/c1-19-8-17-18-11(19)6-7-16-14(20)13-12(15)9-4-2-3-5-10(9)21-13/h2-5,8H,6-7,15H2,1H3,(H,16,20). The summed E-state index contributed by atoms with van der Waals surface area (Å²) in [6.07, 6.45) is 2.27. The molecule has 3 aromatic rings. The highest BCUT2D eigenvalue weighted by Crippen LogP contribution is 2.33. The molecule has 6 nitrogen and oxygen atoms in total. The van der Waals surface area contributed by atoms with Gasteiger partial charge in [-0.25, -0.2) is 0 Å². The van der Waals surface area contributed by atoms with Crippen molar-refractivity contribution >= 4 is 33.0 Å². The molecule has 21 heavy (non-hydrogen) atoms. The SMILES string of the molecule is Cn1cnnc1CCNC(=O)c1sc2ccccc2c1N. The van der Waals surface area contributed by atoms with Crippen LogP contribution in [0.3, 0.4) is 0 Å². The Labute approximate surface area is 125 Å². The van der Waals surface area contributed by atoms with Crippen molar-refractivity contribution in [3.05, 3.63) is 41.3 Å². The number of hydrogen-bond donors (Lipinski definition) is 2. The number of nitrogens with two attached hydrogens (primary N) is 1. The minimum atomic E-state index is -0.143. The smallest absolute Gasteiger partial charge is 0.263 e. The summed E-state index contributed by atoms with van der Waals surface area (Å²) in [7, 11) is 1.88. The molecule has 0 aliphatic carbocycles. The van der Waals surface area contributed by atoms with Crippen molar-refractivity contribution in [2.75, 3.05) is 12.3 Å². The topological polar surface area (TPSA) is 85.8 Å². The second-order valence-corrected chi connectivity index (χ2v) is 5.76. The summed E-state index contributed by atoms with van der Waals surface area (Å²) in [5.74, 6) is 0.690. The lowest BCUT2D eigenvalue weighted by Crippen LogP contribution is -2.26. The van der Waals surface area contributed by atoms with E-state index in [4.69, 9.17) is 5.73 Å². The van der Waals surface area contributed by atoms with Gasteiger partial charge in [-0.15, -0.1) is 21.5 Å². The fourth-order valence-electron chi connectivity index (χ4n) is 2.14. The molecule has 0 radical (unpaired) electrons. The second kappa shape index (κ2) is 5.53. The third-order valence-corrected chi connectivity index (χ3v) is 4.46. The van der Waals surface area contributed by atoms with Crippen molar-refractivity contribution in [3.8, 4) is 0 Å². The van der Waals surface area contributed by atoms with Crippen LogP contribution < -0.4 is 11.1 Å². The molecule has 2 heterocycles. The van der Waals surface area contributed by atoms with E-state index >= 15 is 0 Å². The first-order valence-corrected chi connectivity index (χ1v) is 7.36.